The quantitative estimate of drug-likeness (QED) is 0.773. The summed E-state index contributed by atoms with van der Waals surface area (Å²) in [7, 11) is 1.74. The Morgan fingerprint density at radius 3 is 3.19 bits per heavy atom. The highest BCUT2D eigenvalue weighted by molar-refractivity contribution is 5.37. The molecule has 0 aromatic heterocycles. The maximum Gasteiger partial charge on any atom is 0.124 e. The van der Waals surface area contributed by atoms with Gasteiger partial charge < -0.3 is 14.8 Å². The standard InChI is InChI=1S/C13H19NO2/c1-15-9-4-8-14-12-7-10-16-13-6-3-2-5-11(12)13/h2-3,5-6,12,14H,4,7-10H2,1H3/t12-/m1/s1. The van der Waals surface area contributed by atoms with Gasteiger partial charge in [0.1, 0.15) is 5.75 Å². The Hall–Kier alpha value is -1.06. The summed E-state index contributed by atoms with van der Waals surface area (Å²) in [5.74, 6) is 1.03. The molecule has 0 aliphatic carbocycles. The molecular weight excluding hydrogens is 202 g/mol. The molecule has 88 valence electrons. The average molecular weight is 221 g/mol. The van der Waals surface area contributed by atoms with Crippen molar-refractivity contribution in [3.8, 4) is 5.75 Å². The monoisotopic (exact) mass is 221 g/mol. The van der Waals surface area contributed by atoms with Gasteiger partial charge in [-0.05, 0) is 19.0 Å². The molecule has 1 aliphatic rings. The van der Waals surface area contributed by atoms with Gasteiger partial charge >= 0.3 is 0 Å². The zero-order valence-corrected chi connectivity index (χ0v) is 9.74. The predicted octanol–water partition coefficient (Wildman–Crippen LogP) is 2.14. The largest absolute Gasteiger partial charge is 0.493 e. The summed E-state index contributed by atoms with van der Waals surface area (Å²) in [5.41, 5.74) is 1.28. The third-order valence-corrected chi connectivity index (χ3v) is 2.87. The SMILES string of the molecule is COCCCN[C@@H]1CCOc2ccccc21. The first-order valence-corrected chi connectivity index (χ1v) is 5.86. The van der Waals surface area contributed by atoms with Gasteiger partial charge in [-0.3, -0.25) is 0 Å². The Kier molecular flexibility index (Phi) is 4.19. The average Bonchev–Trinajstić information content (AvgIpc) is 2.35. The minimum Gasteiger partial charge on any atom is -0.493 e. The highest BCUT2D eigenvalue weighted by Crippen LogP contribution is 2.31. The van der Waals surface area contributed by atoms with Crippen LogP contribution in [0.3, 0.4) is 0 Å². The second-order valence-electron chi connectivity index (χ2n) is 4.03. The number of para-hydroxylation sites is 1. The molecular formula is C13H19NO2. The van der Waals surface area contributed by atoms with Gasteiger partial charge in [-0.1, -0.05) is 18.2 Å². The molecule has 2 rings (SSSR count). The fourth-order valence-corrected chi connectivity index (χ4v) is 2.05. The van der Waals surface area contributed by atoms with Gasteiger partial charge in [0.25, 0.3) is 0 Å². The number of fused-ring (bicyclic) bond motifs is 1. The van der Waals surface area contributed by atoms with E-state index < -0.39 is 0 Å². The van der Waals surface area contributed by atoms with E-state index in [1.807, 2.05) is 12.1 Å². The van der Waals surface area contributed by atoms with Gasteiger partial charge in [0.15, 0.2) is 0 Å². The van der Waals surface area contributed by atoms with E-state index in [1.54, 1.807) is 7.11 Å². The van der Waals surface area contributed by atoms with Crippen LogP contribution < -0.4 is 10.1 Å². The molecule has 1 heterocycles. The van der Waals surface area contributed by atoms with E-state index in [-0.39, 0.29) is 0 Å². The topological polar surface area (TPSA) is 30.5 Å². The van der Waals surface area contributed by atoms with Gasteiger partial charge in [-0.15, -0.1) is 0 Å². The van der Waals surface area contributed by atoms with Gasteiger partial charge in [0.2, 0.25) is 0 Å². The van der Waals surface area contributed by atoms with Crippen LogP contribution in [0, 0.1) is 0 Å². The van der Waals surface area contributed by atoms with Crippen LogP contribution in [-0.2, 0) is 4.74 Å². The molecule has 1 aliphatic heterocycles. The van der Waals surface area contributed by atoms with E-state index >= 15 is 0 Å². The number of nitrogens with one attached hydrogen (secondary N) is 1. The molecule has 0 saturated heterocycles. The fraction of sp³-hybridized carbons (Fsp3) is 0.538. The lowest BCUT2D eigenvalue weighted by molar-refractivity contribution is 0.190. The van der Waals surface area contributed by atoms with Gasteiger partial charge in [0.05, 0.1) is 6.61 Å². The molecule has 0 spiro atoms. The summed E-state index contributed by atoms with van der Waals surface area (Å²) in [6, 6.07) is 8.70. The Labute approximate surface area is 96.8 Å². The lowest BCUT2D eigenvalue weighted by atomic mass is 10.0. The summed E-state index contributed by atoms with van der Waals surface area (Å²) in [6.07, 6.45) is 2.10. The third kappa shape index (κ3) is 2.74. The number of methoxy groups -OCH3 is 1. The van der Waals surface area contributed by atoms with Crippen molar-refractivity contribution in [1.82, 2.24) is 5.32 Å². The minimum absolute atomic E-state index is 0.432. The first-order chi connectivity index (χ1) is 7.92. The molecule has 0 bridgehead atoms. The van der Waals surface area contributed by atoms with Crippen LogP contribution in [0.25, 0.3) is 0 Å². The van der Waals surface area contributed by atoms with Crippen LogP contribution in [0.4, 0.5) is 0 Å². The molecule has 1 N–H and O–H groups in total. The van der Waals surface area contributed by atoms with Gasteiger partial charge in [-0.2, -0.15) is 0 Å². The van der Waals surface area contributed by atoms with E-state index in [4.69, 9.17) is 9.47 Å². The summed E-state index contributed by atoms with van der Waals surface area (Å²) in [4.78, 5) is 0. The van der Waals surface area contributed by atoms with Crippen molar-refractivity contribution in [2.75, 3.05) is 26.9 Å². The number of hydrogen-bond donors (Lipinski definition) is 1. The minimum atomic E-state index is 0.432. The first kappa shape index (κ1) is 11.4. The molecule has 0 fully saturated rings. The Morgan fingerprint density at radius 1 is 1.44 bits per heavy atom. The summed E-state index contributed by atoms with van der Waals surface area (Å²) < 4.78 is 10.7. The van der Waals surface area contributed by atoms with Crippen LogP contribution >= 0.6 is 0 Å². The van der Waals surface area contributed by atoms with Gasteiger partial charge in [-0.25, -0.2) is 0 Å². The van der Waals surface area contributed by atoms with Crippen LogP contribution in [0.5, 0.6) is 5.75 Å². The number of rotatable bonds is 5. The maximum atomic E-state index is 5.62. The van der Waals surface area contributed by atoms with Crippen LogP contribution in [0.2, 0.25) is 0 Å². The molecule has 3 heteroatoms. The van der Waals surface area contributed by atoms with E-state index in [1.165, 1.54) is 5.56 Å². The van der Waals surface area contributed by atoms with E-state index in [2.05, 4.69) is 17.4 Å². The third-order valence-electron chi connectivity index (χ3n) is 2.87. The zero-order chi connectivity index (χ0) is 11.2. The fourth-order valence-electron chi connectivity index (χ4n) is 2.05. The molecule has 1 aromatic carbocycles. The van der Waals surface area contributed by atoms with Crippen molar-refractivity contribution in [2.45, 2.75) is 18.9 Å². The molecule has 0 radical (unpaired) electrons. The van der Waals surface area contributed by atoms with Gasteiger partial charge in [0, 0.05) is 31.7 Å². The van der Waals surface area contributed by atoms with Crippen LogP contribution in [0.15, 0.2) is 24.3 Å². The predicted molar refractivity (Wildman–Crippen MR) is 63.8 cm³/mol. The Morgan fingerprint density at radius 2 is 2.31 bits per heavy atom. The second kappa shape index (κ2) is 5.87. The molecule has 1 atom stereocenters. The van der Waals surface area contributed by atoms with Crippen molar-refractivity contribution < 1.29 is 9.47 Å². The summed E-state index contributed by atoms with van der Waals surface area (Å²) in [5, 5.41) is 3.55. The van der Waals surface area contributed by atoms with Crippen molar-refractivity contribution in [2.24, 2.45) is 0 Å². The number of hydrogen-bond acceptors (Lipinski definition) is 3. The molecule has 0 unspecified atom stereocenters. The van der Waals surface area contributed by atoms with Crippen molar-refractivity contribution in [3.63, 3.8) is 0 Å². The Balaban J connectivity index is 1.91. The first-order valence-electron chi connectivity index (χ1n) is 5.86. The van der Waals surface area contributed by atoms with E-state index in [0.29, 0.717) is 6.04 Å². The lowest BCUT2D eigenvalue weighted by Gasteiger charge is -2.26. The smallest absolute Gasteiger partial charge is 0.124 e. The molecule has 0 amide bonds. The van der Waals surface area contributed by atoms with Crippen molar-refractivity contribution in [1.29, 1.82) is 0 Å². The Bertz CT molecular complexity index is 327. The maximum absolute atomic E-state index is 5.62. The molecule has 1 aromatic rings. The molecule has 16 heavy (non-hydrogen) atoms. The molecule has 0 saturated carbocycles. The second-order valence-corrected chi connectivity index (χ2v) is 4.03. The van der Waals surface area contributed by atoms with Crippen LogP contribution in [0.1, 0.15) is 24.4 Å². The van der Waals surface area contributed by atoms with Crippen LogP contribution in [-0.4, -0.2) is 26.9 Å². The van der Waals surface area contributed by atoms with E-state index in [9.17, 15) is 0 Å². The number of ether oxygens (including phenoxy) is 2. The highest BCUT2D eigenvalue weighted by Gasteiger charge is 2.19. The van der Waals surface area contributed by atoms with E-state index in [0.717, 1.165) is 38.3 Å². The van der Waals surface area contributed by atoms with Crippen molar-refractivity contribution in [3.05, 3.63) is 29.8 Å². The normalized spacial score (nSPS) is 18.9. The highest BCUT2D eigenvalue weighted by atomic mass is 16.5. The molecule has 3 nitrogen and oxygen atoms in total. The lowest BCUT2D eigenvalue weighted by Crippen LogP contribution is -2.28. The summed E-state index contributed by atoms with van der Waals surface area (Å²) >= 11 is 0. The summed E-state index contributed by atoms with van der Waals surface area (Å²) in [6.45, 7) is 2.61. The number of benzene rings is 1. The van der Waals surface area contributed by atoms with Crippen molar-refractivity contribution >= 4 is 0 Å². The zero-order valence-electron chi connectivity index (χ0n) is 9.74.